The number of hydrogen-bond acceptors (Lipinski definition) is 8. The topological polar surface area (TPSA) is 105 Å². The Balaban J connectivity index is 1.70. The first-order valence-electron chi connectivity index (χ1n) is 10.2. The predicted molar refractivity (Wildman–Crippen MR) is 113 cm³/mol. The van der Waals surface area contributed by atoms with Gasteiger partial charge in [0.2, 0.25) is 5.95 Å². The summed E-state index contributed by atoms with van der Waals surface area (Å²) in [5, 5.41) is 2.93. The minimum Gasteiger partial charge on any atom is -0.490 e. The third-order valence-electron chi connectivity index (χ3n) is 5.10. The number of nitrogens with zero attached hydrogens (tertiary/aromatic N) is 3. The van der Waals surface area contributed by atoms with Crippen molar-refractivity contribution in [3.05, 3.63) is 35.9 Å². The summed E-state index contributed by atoms with van der Waals surface area (Å²) < 4.78 is 50.3. The van der Waals surface area contributed by atoms with Crippen molar-refractivity contribution in [3.63, 3.8) is 0 Å². The maximum Gasteiger partial charge on any atom is 0.387 e. The van der Waals surface area contributed by atoms with Crippen LogP contribution in [0.2, 0.25) is 0 Å². The van der Waals surface area contributed by atoms with E-state index in [4.69, 9.17) is 24.7 Å². The maximum absolute atomic E-state index is 13.3. The Morgan fingerprint density at radius 2 is 2.03 bits per heavy atom. The molecule has 0 saturated carbocycles. The van der Waals surface area contributed by atoms with E-state index < -0.39 is 12.8 Å². The number of halogens is 2. The van der Waals surface area contributed by atoms with E-state index in [-0.39, 0.29) is 24.1 Å². The summed E-state index contributed by atoms with van der Waals surface area (Å²) in [6.45, 7) is 0.0631. The van der Waals surface area contributed by atoms with Gasteiger partial charge in [0.1, 0.15) is 0 Å². The van der Waals surface area contributed by atoms with E-state index in [0.29, 0.717) is 47.3 Å². The molecule has 2 aliphatic rings. The standard InChI is InChI=1S/C21H21F2N5O4/c1-2-29-14-6-3-5-11(17(14)32-19(22)23)18-26-20(24)27-21-25-12-9-15-16(10-13(12)28(18)21)31-8-4-7-30-15/h3,5-6,9-10,18-19H,2,4,7-8H2,1H3,(H3,24,25,26,27)/t18-/m1/s1. The van der Waals surface area contributed by atoms with Crippen molar-refractivity contribution in [2.45, 2.75) is 26.1 Å². The van der Waals surface area contributed by atoms with Crippen LogP contribution in [0.1, 0.15) is 25.1 Å². The van der Waals surface area contributed by atoms with Gasteiger partial charge in [-0.15, -0.1) is 0 Å². The molecular formula is C21H21F2N5O4. The second kappa shape index (κ2) is 8.06. The summed E-state index contributed by atoms with van der Waals surface area (Å²) in [5.41, 5.74) is 7.64. The lowest BCUT2D eigenvalue weighted by Crippen LogP contribution is -2.31. The van der Waals surface area contributed by atoms with Gasteiger partial charge >= 0.3 is 6.61 Å². The minimum absolute atomic E-state index is 0.0941. The Morgan fingerprint density at radius 1 is 1.25 bits per heavy atom. The lowest BCUT2D eigenvalue weighted by Gasteiger charge is -2.26. The average Bonchev–Trinajstić information content (AvgIpc) is 2.94. The SMILES string of the molecule is CCOc1cccc([C@@H]2N=C(N)Nc3nc4cc5c(cc4n32)OCCCO5)c1OC(F)F. The third-order valence-corrected chi connectivity index (χ3v) is 5.10. The number of nitrogens with two attached hydrogens (primary N) is 1. The van der Waals surface area contributed by atoms with Crippen molar-refractivity contribution in [1.82, 2.24) is 9.55 Å². The Morgan fingerprint density at radius 3 is 2.78 bits per heavy atom. The van der Waals surface area contributed by atoms with Crippen LogP contribution < -0.4 is 30.0 Å². The Hall–Kier alpha value is -3.76. The average molecular weight is 445 g/mol. The molecule has 168 valence electrons. The number of imidazole rings is 1. The molecule has 2 aliphatic heterocycles. The monoisotopic (exact) mass is 445 g/mol. The number of rotatable bonds is 5. The summed E-state index contributed by atoms with van der Waals surface area (Å²) in [7, 11) is 0. The predicted octanol–water partition coefficient (Wildman–Crippen LogP) is 3.48. The second-order valence-electron chi connectivity index (χ2n) is 7.14. The number of guanidine groups is 1. The number of ether oxygens (including phenoxy) is 4. The van der Waals surface area contributed by atoms with E-state index >= 15 is 0 Å². The molecular weight excluding hydrogens is 424 g/mol. The number of alkyl halides is 2. The molecule has 9 nitrogen and oxygen atoms in total. The lowest BCUT2D eigenvalue weighted by atomic mass is 10.1. The van der Waals surface area contributed by atoms with Gasteiger partial charge < -0.3 is 24.7 Å². The summed E-state index contributed by atoms with van der Waals surface area (Å²) in [5.74, 6) is 1.75. The van der Waals surface area contributed by atoms with Gasteiger partial charge in [0, 0.05) is 24.1 Å². The molecule has 0 aliphatic carbocycles. The van der Waals surface area contributed by atoms with Gasteiger partial charge in [0.25, 0.3) is 0 Å². The van der Waals surface area contributed by atoms with Gasteiger partial charge in [0.05, 0.1) is 30.9 Å². The van der Waals surface area contributed by atoms with Crippen molar-refractivity contribution in [2.75, 3.05) is 25.1 Å². The zero-order valence-corrected chi connectivity index (χ0v) is 17.2. The van der Waals surface area contributed by atoms with E-state index in [2.05, 4.69) is 15.3 Å². The van der Waals surface area contributed by atoms with E-state index in [0.717, 1.165) is 6.42 Å². The first-order chi connectivity index (χ1) is 15.5. The van der Waals surface area contributed by atoms with Crippen LogP contribution in [0.3, 0.4) is 0 Å². The highest BCUT2D eigenvalue weighted by Gasteiger charge is 2.30. The molecule has 3 heterocycles. The van der Waals surface area contributed by atoms with Gasteiger partial charge in [0.15, 0.2) is 35.1 Å². The van der Waals surface area contributed by atoms with Gasteiger partial charge in [-0.25, -0.2) is 9.98 Å². The molecule has 32 heavy (non-hydrogen) atoms. The summed E-state index contributed by atoms with van der Waals surface area (Å²) in [4.78, 5) is 9.07. The smallest absolute Gasteiger partial charge is 0.387 e. The number of hydrogen-bond donors (Lipinski definition) is 2. The van der Waals surface area contributed by atoms with Crippen LogP contribution in [0.25, 0.3) is 11.0 Å². The van der Waals surface area contributed by atoms with Crippen LogP contribution in [0, 0.1) is 0 Å². The van der Waals surface area contributed by atoms with Gasteiger partial charge in [-0.3, -0.25) is 9.88 Å². The molecule has 0 radical (unpaired) electrons. The first kappa shape index (κ1) is 20.2. The molecule has 1 aromatic heterocycles. The summed E-state index contributed by atoms with van der Waals surface area (Å²) >= 11 is 0. The highest BCUT2D eigenvalue weighted by molar-refractivity contribution is 5.95. The fourth-order valence-corrected chi connectivity index (χ4v) is 3.85. The molecule has 0 saturated heterocycles. The number of benzene rings is 2. The third kappa shape index (κ3) is 3.49. The van der Waals surface area contributed by atoms with Gasteiger partial charge in [-0.1, -0.05) is 12.1 Å². The largest absolute Gasteiger partial charge is 0.490 e. The highest BCUT2D eigenvalue weighted by Crippen LogP contribution is 2.43. The Labute approximate surface area is 181 Å². The molecule has 3 aromatic rings. The molecule has 0 amide bonds. The number of aliphatic imine (C=N–C) groups is 1. The van der Waals surface area contributed by atoms with Gasteiger partial charge in [-0.05, 0) is 13.0 Å². The second-order valence-corrected chi connectivity index (χ2v) is 7.14. The van der Waals surface area contributed by atoms with Crippen molar-refractivity contribution in [1.29, 1.82) is 0 Å². The van der Waals surface area contributed by atoms with E-state index in [1.54, 1.807) is 41.8 Å². The highest BCUT2D eigenvalue weighted by atomic mass is 19.3. The molecule has 0 unspecified atom stereocenters. The molecule has 0 fully saturated rings. The van der Waals surface area contributed by atoms with E-state index in [1.165, 1.54) is 0 Å². The quantitative estimate of drug-likeness (QED) is 0.619. The fraction of sp³-hybridized carbons (Fsp3) is 0.333. The van der Waals surface area contributed by atoms with Crippen LogP contribution in [-0.4, -0.2) is 41.9 Å². The van der Waals surface area contributed by atoms with Crippen LogP contribution in [-0.2, 0) is 0 Å². The van der Waals surface area contributed by atoms with Crippen molar-refractivity contribution in [2.24, 2.45) is 10.7 Å². The zero-order valence-electron chi connectivity index (χ0n) is 17.2. The van der Waals surface area contributed by atoms with Crippen LogP contribution in [0.15, 0.2) is 35.3 Å². The van der Waals surface area contributed by atoms with Crippen LogP contribution >= 0.6 is 0 Å². The Bertz CT molecular complexity index is 1200. The number of fused-ring (bicyclic) bond motifs is 4. The number of anilines is 1. The number of para-hydroxylation sites is 1. The lowest BCUT2D eigenvalue weighted by molar-refractivity contribution is -0.0523. The fourth-order valence-electron chi connectivity index (χ4n) is 3.85. The minimum atomic E-state index is -3.04. The molecule has 1 atom stereocenters. The molecule has 5 rings (SSSR count). The van der Waals surface area contributed by atoms with Gasteiger partial charge in [-0.2, -0.15) is 8.78 Å². The normalized spacial score (nSPS) is 17.4. The summed E-state index contributed by atoms with van der Waals surface area (Å²) in [6.07, 6.45) is -0.0589. The molecule has 3 N–H and O–H groups in total. The maximum atomic E-state index is 13.3. The number of aromatic nitrogens is 2. The molecule has 0 bridgehead atoms. The molecule has 11 heteroatoms. The van der Waals surface area contributed by atoms with Crippen molar-refractivity contribution >= 4 is 22.9 Å². The summed E-state index contributed by atoms with van der Waals surface area (Å²) in [6, 6.07) is 8.48. The van der Waals surface area contributed by atoms with Crippen molar-refractivity contribution in [3.8, 4) is 23.0 Å². The van der Waals surface area contributed by atoms with Crippen LogP contribution in [0.5, 0.6) is 23.0 Å². The van der Waals surface area contributed by atoms with E-state index in [9.17, 15) is 8.78 Å². The number of nitrogens with one attached hydrogen (secondary N) is 1. The van der Waals surface area contributed by atoms with Crippen LogP contribution in [0.4, 0.5) is 14.7 Å². The Kier molecular flexibility index (Phi) is 5.08. The first-order valence-corrected chi connectivity index (χ1v) is 10.2. The van der Waals surface area contributed by atoms with E-state index in [1.807, 2.05) is 0 Å². The molecule has 0 spiro atoms. The van der Waals surface area contributed by atoms with Crippen molar-refractivity contribution < 1.29 is 27.7 Å². The molecule has 2 aromatic carbocycles. The zero-order chi connectivity index (χ0) is 22.2.